The van der Waals surface area contributed by atoms with Gasteiger partial charge in [0.1, 0.15) is 12.2 Å². The van der Waals surface area contributed by atoms with E-state index in [0.29, 0.717) is 34.1 Å². The van der Waals surface area contributed by atoms with Crippen LogP contribution in [0.3, 0.4) is 0 Å². The highest BCUT2D eigenvalue weighted by molar-refractivity contribution is 6.00. The molecule has 9 nitrogen and oxygen atoms in total. The van der Waals surface area contributed by atoms with Crippen LogP contribution >= 0.6 is 0 Å². The van der Waals surface area contributed by atoms with Crippen molar-refractivity contribution in [2.24, 2.45) is 5.92 Å². The Balaban J connectivity index is 1.62. The van der Waals surface area contributed by atoms with Crippen molar-refractivity contribution in [3.63, 3.8) is 0 Å². The van der Waals surface area contributed by atoms with Crippen molar-refractivity contribution in [3.8, 4) is 17.5 Å². The number of nitriles is 1. The number of hydrogen-bond donors (Lipinski definition) is 4. The Labute approximate surface area is 203 Å². The van der Waals surface area contributed by atoms with Gasteiger partial charge in [-0.25, -0.2) is 8.91 Å². The topological polar surface area (TPSA) is 127 Å². The fourth-order valence-corrected chi connectivity index (χ4v) is 4.21. The predicted molar refractivity (Wildman–Crippen MR) is 131 cm³/mol. The molecule has 1 amide bonds. The largest absolute Gasteiger partial charge is 0.387 e. The van der Waals surface area contributed by atoms with Gasteiger partial charge in [0, 0.05) is 12.2 Å². The molecule has 3 aromatic heterocycles. The number of aliphatic hydroxyl groups is 1. The lowest BCUT2D eigenvalue weighted by Gasteiger charge is -2.36. The summed E-state index contributed by atoms with van der Waals surface area (Å²) in [6, 6.07) is 9.54. The van der Waals surface area contributed by atoms with Gasteiger partial charge in [-0.15, -0.1) is 0 Å². The van der Waals surface area contributed by atoms with E-state index in [9.17, 15) is 14.3 Å². The Morgan fingerprint density at radius 3 is 2.80 bits per heavy atom. The molecule has 1 atom stereocenters. The first-order valence-corrected chi connectivity index (χ1v) is 11.6. The highest BCUT2D eigenvalue weighted by Crippen LogP contribution is 2.32. The molecule has 0 spiro atoms. The molecule has 1 fully saturated rings. The SMILES string of the molecule is CNC[C@H]1C[C@H](Nc2cc(-c3ccc4cc(C#N)cnn34)ncc2C(=O)NC[C@@H](F)C(C)(C)O)C1. The third kappa shape index (κ3) is 5.42. The van der Waals surface area contributed by atoms with Crippen molar-refractivity contribution in [2.75, 3.05) is 25.5 Å². The van der Waals surface area contributed by atoms with Gasteiger partial charge in [0.15, 0.2) is 0 Å². The van der Waals surface area contributed by atoms with E-state index >= 15 is 0 Å². The van der Waals surface area contributed by atoms with E-state index in [2.05, 4.69) is 32.1 Å². The third-order valence-corrected chi connectivity index (χ3v) is 6.34. The van der Waals surface area contributed by atoms with Gasteiger partial charge < -0.3 is 21.1 Å². The van der Waals surface area contributed by atoms with Crippen LogP contribution in [-0.2, 0) is 0 Å². The monoisotopic (exact) mass is 479 g/mol. The minimum absolute atomic E-state index is 0.209. The molecule has 1 aliphatic carbocycles. The molecular formula is C25H30FN7O2. The van der Waals surface area contributed by atoms with E-state index in [0.717, 1.165) is 24.9 Å². The molecule has 35 heavy (non-hydrogen) atoms. The molecule has 0 aliphatic heterocycles. The number of fused-ring (bicyclic) bond motifs is 1. The Kier molecular flexibility index (Phi) is 7.00. The van der Waals surface area contributed by atoms with Crippen LogP contribution < -0.4 is 16.0 Å². The van der Waals surface area contributed by atoms with Gasteiger partial charge in [0.05, 0.1) is 52.1 Å². The molecule has 0 radical (unpaired) electrons. The number of nitrogens with zero attached hydrogens (tertiary/aromatic N) is 4. The van der Waals surface area contributed by atoms with Gasteiger partial charge in [-0.2, -0.15) is 10.4 Å². The van der Waals surface area contributed by atoms with Gasteiger partial charge in [-0.05, 0) is 70.5 Å². The number of halogens is 1. The van der Waals surface area contributed by atoms with E-state index in [4.69, 9.17) is 5.26 Å². The summed E-state index contributed by atoms with van der Waals surface area (Å²) in [4.78, 5) is 17.4. The summed E-state index contributed by atoms with van der Waals surface area (Å²) < 4.78 is 15.9. The van der Waals surface area contributed by atoms with Gasteiger partial charge in [-0.3, -0.25) is 9.78 Å². The minimum Gasteiger partial charge on any atom is -0.387 e. The predicted octanol–water partition coefficient (Wildman–Crippen LogP) is 2.52. The van der Waals surface area contributed by atoms with Crippen molar-refractivity contribution in [1.29, 1.82) is 5.26 Å². The summed E-state index contributed by atoms with van der Waals surface area (Å²) in [6.45, 7) is 3.35. The van der Waals surface area contributed by atoms with E-state index in [1.165, 1.54) is 26.2 Å². The second kappa shape index (κ2) is 9.98. The molecule has 0 bridgehead atoms. The van der Waals surface area contributed by atoms with Crippen LogP contribution in [0.15, 0.2) is 36.7 Å². The zero-order chi connectivity index (χ0) is 25.2. The number of aromatic nitrogens is 3. The van der Waals surface area contributed by atoms with Gasteiger partial charge in [0.2, 0.25) is 0 Å². The first-order valence-electron chi connectivity index (χ1n) is 11.6. The molecule has 3 aromatic rings. The molecule has 4 rings (SSSR count). The third-order valence-electron chi connectivity index (χ3n) is 6.34. The zero-order valence-electron chi connectivity index (χ0n) is 20.0. The Bertz CT molecular complexity index is 1250. The molecule has 0 aromatic carbocycles. The molecule has 4 N–H and O–H groups in total. The van der Waals surface area contributed by atoms with Crippen LogP contribution in [0.1, 0.15) is 42.6 Å². The van der Waals surface area contributed by atoms with Crippen molar-refractivity contribution in [1.82, 2.24) is 25.2 Å². The van der Waals surface area contributed by atoms with E-state index in [1.807, 2.05) is 19.2 Å². The quantitative estimate of drug-likeness (QED) is 0.371. The number of hydrogen-bond acceptors (Lipinski definition) is 7. The fourth-order valence-electron chi connectivity index (χ4n) is 4.21. The summed E-state index contributed by atoms with van der Waals surface area (Å²) in [5, 5.41) is 32.5. The Morgan fingerprint density at radius 1 is 1.34 bits per heavy atom. The smallest absolute Gasteiger partial charge is 0.255 e. The van der Waals surface area contributed by atoms with Crippen LogP contribution in [0.25, 0.3) is 16.9 Å². The Hall–Kier alpha value is -3.55. The van der Waals surface area contributed by atoms with Gasteiger partial charge in [0.25, 0.3) is 5.91 Å². The Morgan fingerprint density at radius 2 is 2.11 bits per heavy atom. The van der Waals surface area contributed by atoms with E-state index in [-0.39, 0.29) is 12.6 Å². The van der Waals surface area contributed by atoms with Crippen LogP contribution in [0.5, 0.6) is 0 Å². The van der Waals surface area contributed by atoms with Crippen LogP contribution in [0.2, 0.25) is 0 Å². The number of nitrogens with one attached hydrogen (secondary N) is 3. The number of alkyl halides is 1. The lowest BCUT2D eigenvalue weighted by atomic mass is 9.80. The molecule has 1 saturated carbocycles. The standard InChI is InChI=1S/C25H30FN7O2/c1-25(2,35)23(26)14-30-24(34)19-13-29-21(9-20(19)32-17-6-15(7-17)11-28-3)22-5-4-18-8-16(10-27)12-31-33(18)22/h4-5,8-9,12-13,15,17,23,28,35H,6-7,11,14H2,1-3H3,(H,29,32)(H,30,34)/t15-,17-,23-/m1/s1. The highest BCUT2D eigenvalue weighted by Gasteiger charge is 2.30. The highest BCUT2D eigenvalue weighted by atomic mass is 19.1. The van der Waals surface area contributed by atoms with Crippen molar-refractivity contribution >= 4 is 17.1 Å². The molecule has 10 heteroatoms. The van der Waals surface area contributed by atoms with Crippen LogP contribution in [0.4, 0.5) is 10.1 Å². The minimum atomic E-state index is -1.61. The second-order valence-electron chi connectivity index (χ2n) is 9.59. The number of pyridine rings is 1. The molecule has 184 valence electrons. The number of anilines is 1. The summed E-state index contributed by atoms with van der Waals surface area (Å²) in [5.41, 5.74) is 1.88. The van der Waals surface area contributed by atoms with Crippen molar-refractivity contribution in [3.05, 3.63) is 47.8 Å². The molecular weight excluding hydrogens is 449 g/mol. The van der Waals surface area contributed by atoms with Gasteiger partial charge >= 0.3 is 0 Å². The van der Waals surface area contributed by atoms with Crippen LogP contribution in [0, 0.1) is 17.2 Å². The maximum absolute atomic E-state index is 14.2. The zero-order valence-corrected chi connectivity index (χ0v) is 20.0. The average Bonchev–Trinajstić information content (AvgIpc) is 3.23. The molecule has 0 unspecified atom stereocenters. The second-order valence-corrected chi connectivity index (χ2v) is 9.59. The van der Waals surface area contributed by atoms with Crippen LogP contribution in [-0.4, -0.2) is 63.6 Å². The molecule has 0 saturated heterocycles. The number of rotatable bonds is 9. The number of carbonyl (C=O) groups excluding carboxylic acids is 1. The number of carbonyl (C=O) groups is 1. The van der Waals surface area contributed by atoms with Crippen molar-refractivity contribution in [2.45, 2.75) is 44.5 Å². The van der Waals surface area contributed by atoms with E-state index < -0.39 is 17.7 Å². The first-order chi connectivity index (χ1) is 16.7. The molecule has 1 aliphatic rings. The maximum atomic E-state index is 14.2. The average molecular weight is 480 g/mol. The summed E-state index contributed by atoms with van der Waals surface area (Å²) in [6.07, 6.45) is 3.29. The normalized spacial score (nSPS) is 18.5. The van der Waals surface area contributed by atoms with Crippen molar-refractivity contribution < 1.29 is 14.3 Å². The summed E-state index contributed by atoms with van der Waals surface area (Å²) in [7, 11) is 1.93. The summed E-state index contributed by atoms with van der Waals surface area (Å²) >= 11 is 0. The van der Waals surface area contributed by atoms with E-state index in [1.54, 1.807) is 16.6 Å². The summed E-state index contributed by atoms with van der Waals surface area (Å²) in [5.74, 6) is 0.102. The molecule has 3 heterocycles. The lowest BCUT2D eigenvalue weighted by Crippen LogP contribution is -2.42. The fraction of sp³-hybridized carbons (Fsp3) is 0.440. The van der Waals surface area contributed by atoms with Gasteiger partial charge in [-0.1, -0.05) is 0 Å². The number of amides is 1. The maximum Gasteiger partial charge on any atom is 0.255 e. The lowest BCUT2D eigenvalue weighted by molar-refractivity contribution is -0.00177. The first kappa shape index (κ1) is 24.6.